The van der Waals surface area contributed by atoms with Crippen molar-refractivity contribution >= 4 is 23.4 Å². The van der Waals surface area contributed by atoms with E-state index in [1.165, 1.54) is 5.56 Å². The Labute approximate surface area is 277 Å². The minimum absolute atomic E-state index is 0.0423. The maximum Gasteiger partial charge on any atom is 0.324 e. The molecule has 2 atom stereocenters. The van der Waals surface area contributed by atoms with Crippen molar-refractivity contribution < 1.29 is 19.1 Å². The highest BCUT2D eigenvalue weighted by molar-refractivity contribution is 5.99. The average Bonchev–Trinajstić information content (AvgIpc) is 3.59. The molecule has 3 aromatic carbocycles. The van der Waals surface area contributed by atoms with E-state index in [-0.39, 0.29) is 29.4 Å². The number of carbonyl (C=O) groups excluding carboxylic acids is 2. The third-order valence-electron chi connectivity index (χ3n) is 9.44. The van der Waals surface area contributed by atoms with Crippen LogP contribution in [0.4, 0.5) is 16.3 Å². The zero-order valence-corrected chi connectivity index (χ0v) is 28.2. The standard InChI is InChI=1S/C38H45N5O4/c1-24-7-13-28(14-8-24)43-35(23-34(41-43)38(2,3)4)40-37(45)39-27-11-9-25(10-12-27)19-26-20-29-15-16-30(21-26)42(29)36(44)32-18-17-31(46-5)22-33(32)47-6/h7-14,17-18,22-23,26,29-30H,15-16,19-21H2,1-6H3,(H2,39,40,45). The summed E-state index contributed by atoms with van der Waals surface area (Å²) < 4.78 is 12.6. The number of aryl methyl sites for hydroxylation is 1. The summed E-state index contributed by atoms with van der Waals surface area (Å²) in [6, 6.07) is 23.6. The Morgan fingerprint density at radius 1 is 0.872 bits per heavy atom. The lowest BCUT2D eigenvalue weighted by Gasteiger charge is -2.39. The van der Waals surface area contributed by atoms with Crippen LogP contribution in [0, 0.1) is 12.8 Å². The number of fused-ring (bicyclic) bond motifs is 2. The third kappa shape index (κ3) is 6.99. The summed E-state index contributed by atoms with van der Waals surface area (Å²) in [5, 5.41) is 10.8. The Morgan fingerprint density at radius 2 is 1.55 bits per heavy atom. The van der Waals surface area contributed by atoms with Gasteiger partial charge in [-0.3, -0.25) is 10.1 Å². The molecule has 2 N–H and O–H groups in total. The first-order valence-electron chi connectivity index (χ1n) is 16.4. The van der Waals surface area contributed by atoms with Gasteiger partial charge in [0.25, 0.3) is 5.91 Å². The molecule has 4 aromatic rings. The van der Waals surface area contributed by atoms with E-state index in [9.17, 15) is 9.59 Å². The van der Waals surface area contributed by atoms with Crippen molar-refractivity contribution in [2.24, 2.45) is 5.92 Å². The molecule has 2 aliphatic rings. The number of anilines is 2. The molecule has 9 nitrogen and oxygen atoms in total. The minimum Gasteiger partial charge on any atom is -0.497 e. The van der Waals surface area contributed by atoms with E-state index in [1.54, 1.807) is 25.0 Å². The molecule has 9 heteroatoms. The molecule has 47 heavy (non-hydrogen) atoms. The van der Waals surface area contributed by atoms with Crippen LogP contribution in [0.15, 0.2) is 72.8 Å². The van der Waals surface area contributed by atoms with Crippen LogP contribution >= 0.6 is 0 Å². The van der Waals surface area contributed by atoms with Gasteiger partial charge in [-0.1, -0.05) is 50.6 Å². The van der Waals surface area contributed by atoms with E-state index in [0.717, 1.165) is 54.7 Å². The van der Waals surface area contributed by atoms with Gasteiger partial charge in [0, 0.05) is 35.3 Å². The van der Waals surface area contributed by atoms with E-state index < -0.39 is 0 Å². The van der Waals surface area contributed by atoms with E-state index in [1.807, 2.05) is 61.5 Å². The lowest BCUT2D eigenvalue weighted by Crippen LogP contribution is -2.47. The number of piperidine rings is 1. The highest BCUT2D eigenvalue weighted by atomic mass is 16.5. The first kappa shape index (κ1) is 32.2. The van der Waals surface area contributed by atoms with E-state index >= 15 is 0 Å². The zero-order valence-electron chi connectivity index (χ0n) is 28.2. The fourth-order valence-electron chi connectivity index (χ4n) is 6.96. The van der Waals surface area contributed by atoms with Gasteiger partial charge in [-0.15, -0.1) is 0 Å². The van der Waals surface area contributed by atoms with Crippen molar-refractivity contribution in [1.29, 1.82) is 0 Å². The summed E-state index contributed by atoms with van der Waals surface area (Å²) in [4.78, 5) is 28.9. The number of rotatable bonds is 8. The van der Waals surface area contributed by atoms with Crippen LogP contribution in [-0.4, -0.2) is 52.9 Å². The minimum atomic E-state index is -0.325. The number of aromatic nitrogens is 2. The van der Waals surface area contributed by atoms with Crippen molar-refractivity contribution in [1.82, 2.24) is 14.7 Å². The number of carbonyl (C=O) groups is 2. The van der Waals surface area contributed by atoms with Crippen LogP contribution in [0.5, 0.6) is 11.5 Å². The molecule has 1 aromatic heterocycles. The molecule has 2 bridgehead atoms. The van der Waals surface area contributed by atoms with Gasteiger partial charge in [-0.05, 0) is 86.9 Å². The van der Waals surface area contributed by atoms with Gasteiger partial charge < -0.3 is 19.7 Å². The van der Waals surface area contributed by atoms with Crippen molar-refractivity contribution in [2.75, 3.05) is 24.9 Å². The number of hydrogen-bond donors (Lipinski definition) is 2. The lowest BCUT2D eigenvalue weighted by molar-refractivity contribution is 0.0521. The smallest absolute Gasteiger partial charge is 0.324 e. The molecule has 246 valence electrons. The fourth-order valence-corrected chi connectivity index (χ4v) is 6.96. The first-order valence-corrected chi connectivity index (χ1v) is 16.4. The van der Waals surface area contributed by atoms with E-state index in [0.29, 0.717) is 28.8 Å². The quantitative estimate of drug-likeness (QED) is 0.206. The number of urea groups is 1. The van der Waals surface area contributed by atoms with Crippen LogP contribution < -0.4 is 20.1 Å². The number of benzene rings is 3. The molecule has 2 saturated heterocycles. The Kier molecular flexibility index (Phi) is 8.99. The topological polar surface area (TPSA) is 97.7 Å². The SMILES string of the molecule is COc1ccc(C(=O)N2C3CCC2CC(Cc2ccc(NC(=O)Nc4cc(C(C)(C)C)nn4-c4ccc(C)cc4)cc2)C3)c(OC)c1. The van der Waals surface area contributed by atoms with Crippen LogP contribution in [0.1, 0.15) is 73.6 Å². The van der Waals surface area contributed by atoms with Gasteiger partial charge in [0.15, 0.2) is 0 Å². The highest BCUT2D eigenvalue weighted by Gasteiger charge is 2.43. The molecule has 3 heterocycles. The molecule has 3 amide bonds. The van der Waals surface area contributed by atoms with Gasteiger partial charge in [0.1, 0.15) is 17.3 Å². The molecule has 0 saturated carbocycles. The zero-order chi connectivity index (χ0) is 33.3. The van der Waals surface area contributed by atoms with Crippen molar-refractivity contribution in [3.8, 4) is 17.2 Å². The Balaban J connectivity index is 1.07. The number of nitrogens with one attached hydrogen (secondary N) is 2. The van der Waals surface area contributed by atoms with Crippen molar-refractivity contribution in [3.63, 3.8) is 0 Å². The molecule has 2 aliphatic heterocycles. The third-order valence-corrected chi connectivity index (χ3v) is 9.44. The second kappa shape index (κ2) is 13.1. The second-order valence-electron chi connectivity index (χ2n) is 13.9. The largest absolute Gasteiger partial charge is 0.497 e. The summed E-state index contributed by atoms with van der Waals surface area (Å²) in [6.07, 6.45) is 4.97. The molecule has 2 fully saturated rings. The number of nitrogens with zero attached hydrogens (tertiary/aromatic N) is 3. The fraction of sp³-hybridized carbons (Fsp3) is 0.395. The first-order chi connectivity index (χ1) is 22.5. The second-order valence-corrected chi connectivity index (χ2v) is 13.9. The predicted molar refractivity (Wildman–Crippen MR) is 185 cm³/mol. The molecule has 6 rings (SSSR count). The van der Waals surface area contributed by atoms with E-state index in [4.69, 9.17) is 14.6 Å². The van der Waals surface area contributed by atoms with Gasteiger partial charge in [-0.25, -0.2) is 9.48 Å². The highest BCUT2D eigenvalue weighted by Crippen LogP contribution is 2.42. The summed E-state index contributed by atoms with van der Waals surface area (Å²) in [7, 11) is 3.19. The number of methoxy groups -OCH3 is 2. The van der Waals surface area contributed by atoms with Crippen LogP contribution in [0.3, 0.4) is 0 Å². The summed E-state index contributed by atoms with van der Waals surface area (Å²) in [6.45, 7) is 8.36. The maximum absolute atomic E-state index is 13.7. The van der Waals surface area contributed by atoms with Gasteiger partial charge in [0.2, 0.25) is 0 Å². The maximum atomic E-state index is 13.7. The Morgan fingerprint density at radius 3 is 2.17 bits per heavy atom. The number of ether oxygens (including phenoxy) is 2. The van der Waals surface area contributed by atoms with Gasteiger partial charge in [-0.2, -0.15) is 5.10 Å². The van der Waals surface area contributed by atoms with Gasteiger partial charge >= 0.3 is 6.03 Å². The molecular weight excluding hydrogens is 590 g/mol. The molecule has 0 spiro atoms. The van der Waals surface area contributed by atoms with E-state index in [2.05, 4.69) is 48.4 Å². The van der Waals surface area contributed by atoms with Crippen LogP contribution in [0.2, 0.25) is 0 Å². The summed E-state index contributed by atoms with van der Waals surface area (Å²) >= 11 is 0. The summed E-state index contributed by atoms with van der Waals surface area (Å²) in [5.74, 6) is 2.36. The van der Waals surface area contributed by atoms with Crippen molar-refractivity contribution in [2.45, 2.75) is 77.3 Å². The molecular formula is C38H45N5O4. The molecule has 2 unspecified atom stereocenters. The average molecular weight is 636 g/mol. The number of hydrogen-bond acceptors (Lipinski definition) is 5. The normalized spacial score (nSPS) is 18.9. The van der Waals surface area contributed by atoms with Crippen molar-refractivity contribution in [3.05, 3.63) is 95.2 Å². The number of amides is 3. The van der Waals surface area contributed by atoms with Crippen LogP contribution in [-0.2, 0) is 11.8 Å². The van der Waals surface area contributed by atoms with Crippen LogP contribution in [0.25, 0.3) is 5.69 Å². The predicted octanol–water partition coefficient (Wildman–Crippen LogP) is 7.77. The molecule has 0 radical (unpaired) electrons. The Bertz CT molecular complexity index is 1730. The van der Waals surface area contributed by atoms with Gasteiger partial charge in [0.05, 0.1) is 31.2 Å². The summed E-state index contributed by atoms with van der Waals surface area (Å²) in [5.41, 5.74) is 5.30. The monoisotopic (exact) mass is 635 g/mol. The Hall–Kier alpha value is -4.79. The molecule has 0 aliphatic carbocycles. The lowest BCUT2D eigenvalue weighted by atomic mass is 9.85.